The van der Waals surface area contributed by atoms with Crippen LogP contribution in [0, 0.1) is 0 Å². The number of carbonyl (C=O) groups excluding carboxylic acids is 1. The Hall–Kier alpha value is -1.14. The van der Waals surface area contributed by atoms with Crippen molar-refractivity contribution < 1.29 is 4.79 Å². The van der Waals surface area contributed by atoms with E-state index in [9.17, 15) is 4.79 Å². The molecule has 0 aliphatic heterocycles. The van der Waals surface area contributed by atoms with Crippen LogP contribution in [0.5, 0.6) is 0 Å². The van der Waals surface area contributed by atoms with E-state index in [0.29, 0.717) is 11.5 Å². The molecule has 0 saturated heterocycles. The number of nitrogens with zero attached hydrogens (tertiary/aromatic N) is 1. The Morgan fingerprint density at radius 3 is 3.07 bits per heavy atom. The number of nitrogens with one attached hydrogen (secondary N) is 2. The molecule has 0 atom stereocenters. The lowest BCUT2D eigenvalue weighted by atomic mass is 10.3. The third kappa shape index (κ3) is 2.02. The van der Waals surface area contributed by atoms with E-state index in [2.05, 4.69) is 31.2 Å². The second kappa shape index (κ2) is 3.93. The van der Waals surface area contributed by atoms with Crippen molar-refractivity contribution in [3.8, 4) is 0 Å². The van der Waals surface area contributed by atoms with Crippen molar-refractivity contribution in [1.29, 1.82) is 0 Å². The summed E-state index contributed by atoms with van der Waals surface area (Å²) < 4.78 is 0.932. The Morgan fingerprint density at radius 2 is 2.50 bits per heavy atom. The Kier molecular flexibility index (Phi) is 2.64. The monoisotopic (exact) mass is 271 g/mol. The van der Waals surface area contributed by atoms with Crippen LogP contribution >= 0.6 is 27.3 Å². The van der Waals surface area contributed by atoms with Crippen molar-refractivity contribution in [1.82, 2.24) is 9.97 Å². The van der Waals surface area contributed by atoms with Gasteiger partial charge in [0, 0.05) is 17.8 Å². The number of hydrogen-bond donors (Lipinski definition) is 2. The molecule has 0 saturated carbocycles. The van der Waals surface area contributed by atoms with E-state index in [-0.39, 0.29) is 5.91 Å². The van der Waals surface area contributed by atoms with Crippen LogP contribution in [-0.4, -0.2) is 15.9 Å². The summed E-state index contributed by atoms with van der Waals surface area (Å²) >= 11 is 4.76. The average molecular weight is 272 g/mol. The molecule has 2 heterocycles. The van der Waals surface area contributed by atoms with E-state index in [1.54, 1.807) is 23.8 Å². The van der Waals surface area contributed by atoms with Crippen LogP contribution in [0.15, 0.2) is 27.6 Å². The van der Waals surface area contributed by atoms with E-state index in [1.165, 1.54) is 11.3 Å². The number of anilines is 1. The number of aromatic nitrogens is 2. The highest BCUT2D eigenvalue weighted by Gasteiger charge is 2.08. The zero-order chi connectivity index (χ0) is 9.97. The van der Waals surface area contributed by atoms with Gasteiger partial charge in [-0.3, -0.25) is 10.1 Å². The number of aromatic amines is 1. The number of amides is 1. The summed E-state index contributed by atoms with van der Waals surface area (Å²) in [4.78, 5) is 18.2. The minimum atomic E-state index is -0.165. The highest BCUT2D eigenvalue weighted by molar-refractivity contribution is 9.11. The first-order chi connectivity index (χ1) is 6.75. The highest BCUT2D eigenvalue weighted by atomic mass is 79.9. The highest BCUT2D eigenvalue weighted by Crippen LogP contribution is 2.20. The van der Waals surface area contributed by atoms with Gasteiger partial charge in [0.1, 0.15) is 0 Å². The summed E-state index contributed by atoms with van der Waals surface area (Å²) in [5.74, 6) is 0.291. The fourth-order valence-corrected chi connectivity index (χ4v) is 2.08. The zero-order valence-electron chi connectivity index (χ0n) is 6.95. The Bertz CT molecular complexity index is 437. The SMILES string of the molecule is O=C(Nc1ncc[nH]1)c1csc(Br)c1. The van der Waals surface area contributed by atoms with Crippen LogP contribution in [0.25, 0.3) is 0 Å². The first-order valence-corrected chi connectivity index (χ1v) is 5.48. The zero-order valence-corrected chi connectivity index (χ0v) is 9.35. The molecule has 6 heteroatoms. The molecule has 0 fully saturated rings. The number of carbonyl (C=O) groups is 1. The van der Waals surface area contributed by atoms with E-state index >= 15 is 0 Å². The molecule has 0 aliphatic rings. The molecular formula is C8H6BrN3OS. The summed E-state index contributed by atoms with van der Waals surface area (Å²) in [7, 11) is 0. The topological polar surface area (TPSA) is 57.8 Å². The van der Waals surface area contributed by atoms with Crippen LogP contribution in [0.2, 0.25) is 0 Å². The summed E-state index contributed by atoms with van der Waals surface area (Å²) in [6, 6.07) is 1.77. The summed E-state index contributed by atoms with van der Waals surface area (Å²) in [6.07, 6.45) is 3.23. The van der Waals surface area contributed by atoms with Crippen molar-refractivity contribution >= 4 is 39.1 Å². The van der Waals surface area contributed by atoms with Crippen LogP contribution in [0.3, 0.4) is 0 Å². The third-order valence-corrected chi connectivity index (χ3v) is 3.06. The second-order valence-corrected chi connectivity index (χ2v) is 4.82. The molecule has 0 aliphatic carbocycles. The molecule has 2 rings (SSSR count). The lowest BCUT2D eigenvalue weighted by Gasteiger charge is -1.97. The van der Waals surface area contributed by atoms with Gasteiger partial charge in [0.25, 0.3) is 5.91 Å². The molecule has 0 unspecified atom stereocenters. The van der Waals surface area contributed by atoms with Gasteiger partial charge in [0.15, 0.2) is 0 Å². The largest absolute Gasteiger partial charge is 0.331 e. The first-order valence-electron chi connectivity index (χ1n) is 3.80. The first kappa shape index (κ1) is 9.42. The number of H-pyrrole nitrogens is 1. The summed E-state index contributed by atoms with van der Waals surface area (Å²) in [5, 5.41) is 4.41. The molecule has 2 N–H and O–H groups in total. The lowest BCUT2D eigenvalue weighted by Crippen LogP contribution is -2.11. The van der Waals surface area contributed by atoms with Crippen LogP contribution in [-0.2, 0) is 0 Å². The molecule has 2 aromatic heterocycles. The van der Waals surface area contributed by atoms with Crippen LogP contribution in [0.4, 0.5) is 5.95 Å². The van der Waals surface area contributed by atoms with Gasteiger partial charge in [-0.1, -0.05) is 0 Å². The number of halogens is 1. The predicted octanol–water partition coefficient (Wildman–Crippen LogP) is 2.49. The Morgan fingerprint density at radius 1 is 1.64 bits per heavy atom. The van der Waals surface area contributed by atoms with E-state index in [4.69, 9.17) is 0 Å². The molecule has 0 bridgehead atoms. The minimum absolute atomic E-state index is 0.165. The molecule has 2 aromatic rings. The molecule has 14 heavy (non-hydrogen) atoms. The fourth-order valence-electron chi connectivity index (χ4n) is 0.942. The molecule has 72 valence electrons. The minimum Gasteiger partial charge on any atom is -0.331 e. The van der Waals surface area contributed by atoms with E-state index in [1.807, 2.05) is 0 Å². The van der Waals surface area contributed by atoms with Gasteiger partial charge in [-0.2, -0.15) is 0 Å². The van der Waals surface area contributed by atoms with Crippen molar-refractivity contribution in [3.05, 3.63) is 33.2 Å². The van der Waals surface area contributed by atoms with Crippen molar-refractivity contribution in [2.45, 2.75) is 0 Å². The smallest absolute Gasteiger partial charge is 0.258 e. The van der Waals surface area contributed by atoms with Gasteiger partial charge in [0.2, 0.25) is 5.95 Å². The Balaban J connectivity index is 2.10. The summed E-state index contributed by atoms with van der Waals surface area (Å²) in [6.45, 7) is 0. The molecule has 0 radical (unpaired) electrons. The molecule has 1 amide bonds. The number of thiophene rings is 1. The summed E-state index contributed by atoms with van der Waals surface area (Å²) in [5.41, 5.74) is 0.623. The van der Waals surface area contributed by atoms with Gasteiger partial charge >= 0.3 is 0 Å². The number of rotatable bonds is 2. The van der Waals surface area contributed by atoms with Crippen molar-refractivity contribution in [2.75, 3.05) is 5.32 Å². The molecule has 4 nitrogen and oxygen atoms in total. The number of imidazole rings is 1. The Labute approximate surface area is 92.5 Å². The second-order valence-electron chi connectivity index (χ2n) is 2.53. The van der Waals surface area contributed by atoms with E-state index in [0.717, 1.165) is 3.79 Å². The van der Waals surface area contributed by atoms with Gasteiger partial charge in [0.05, 0.1) is 9.35 Å². The molecular weight excluding hydrogens is 266 g/mol. The number of hydrogen-bond acceptors (Lipinski definition) is 3. The van der Waals surface area contributed by atoms with Gasteiger partial charge in [-0.05, 0) is 22.0 Å². The van der Waals surface area contributed by atoms with Gasteiger partial charge in [-0.25, -0.2) is 4.98 Å². The predicted molar refractivity (Wildman–Crippen MR) is 58.6 cm³/mol. The molecule has 0 aromatic carbocycles. The molecule has 0 spiro atoms. The van der Waals surface area contributed by atoms with Crippen molar-refractivity contribution in [3.63, 3.8) is 0 Å². The third-order valence-electron chi connectivity index (χ3n) is 1.56. The maximum atomic E-state index is 11.5. The van der Waals surface area contributed by atoms with Gasteiger partial charge < -0.3 is 4.98 Å². The van der Waals surface area contributed by atoms with Crippen molar-refractivity contribution in [2.24, 2.45) is 0 Å². The quantitative estimate of drug-likeness (QED) is 0.882. The fraction of sp³-hybridized carbons (Fsp3) is 0. The maximum absolute atomic E-state index is 11.5. The maximum Gasteiger partial charge on any atom is 0.258 e. The van der Waals surface area contributed by atoms with Gasteiger partial charge in [-0.15, -0.1) is 11.3 Å². The van der Waals surface area contributed by atoms with Crippen LogP contribution < -0.4 is 5.32 Å². The lowest BCUT2D eigenvalue weighted by molar-refractivity contribution is 0.102. The average Bonchev–Trinajstić information content (AvgIpc) is 2.75. The van der Waals surface area contributed by atoms with Crippen LogP contribution in [0.1, 0.15) is 10.4 Å². The standard InChI is InChI=1S/C8H6BrN3OS/c9-6-3-5(4-14-6)7(13)12-8-10-1-2-11-8/h1-4H,(H2,10,11,12,13). The normalized spacial score (nSPS) is 10.1. The van der Waals surface area contributed by atoms with E-state index < -0.39 is 0 Å².